The van der Waals surface area contributed by atoms with Crippen LogP contribution in [0.4, 0.5) is 5.69 Å². The summed E-state index contributed by atoms with van der Waals surface area (Å²) < 4.78 is 8.75. The van der Waals surface area contributed by atoms with Crippen LogP contribution in [0.15, 0.2) is 30.5 Å². The van der Waals surface area contributed by atoms with Crippen LogP contribution in [0.25, 0.3) is 0 Å². The number of ether oxygens (including phenoxy) is 1. The fourth-order valence-corrected chi connectivity index (χ4v) is 3.19. The highest BCUT2D eigenvalue weighted by molar-refractivity contribution is 6.32. The van der Waals surface area contributed by atoms with Gasteiger partial charge in [0.2, 0.25) is 0 Å². The molecule has 0 saturated carbocycles. The first kappa shape index (κ1) is 22.6. The molecule has 164 valence electrons. The Hall–Kier alpha value is -3.11. The van der Waals surface area contributed by atoms with Crippen molar-refractivity contribution in [3.63, 3.8) is 0 Å². The molecule has 0 saturated heterocycles. The van der Waals surface area contributed by atoms with Crippen LogP contribution >= 0.6 is 23.2 Å². The number of nitro benzene ring substituents is 1. The normalized spacial score (nSPS) is 10.8. The highest BCUT2D eigenvalue weighted by Gasteiger charge is 2.13. The number of benzene rings is 1. The summed E-state index contributed by atoms with van der Waals surface area (Å²) >= 11 is 12.1. The van der Waals surface area contributed by atoms with Crippen molar-refractivity contribution in [1.82, 2.24) is 24.9 Å². The molecule has 12 heteroatoms. The van der Waals surface area contributed by atoms with Crippen LogP contribution in [0, 0.1) is 24.0 Å². The van der Waals surface area contributed by atoms with E-state index in [4.69, 9.17) is 27.9 Å². The molecule has 1 N–H and O–H groups in total. The zero-order valence-electron chi connectivity index (χ0n) is 16.8. The topological polar surface area (TPSA) is 117 Å². The van der Waals surface area contributed by atoms with Gasteiger partial charge in [-0.25, -0.2) is 4.68 Å². The molecule has 1 aromatic carbocycles. The molecule has 10 nitrogen and oxygen atoms in total. The largest absolute Gasteiger partial charge is 0.470 e. The summed E-state index contributed by atoms with van der Waals surface area (Å²) in [6, 6.07) is 5.48. The lowest BCUT2D eigenvalue weighted by Crippen LogP contribution is -2.26. The number of carbonyl (C=O) groups is 1. The molecule has 0 radical (unpaired) electrons. The lowest BCUT2D eigenvalue weighted by atomic mass is 10.3. The number of halogens is 2. The van der Waals surface area contributed by atoms with Gasteiger partial charge in [0.25, 0.3) is 11.6 Å². The molecule has 0 aliphatic heterocycles. The van der Waals surface area contributed by atoms with Gasteiger partial charge >= 0.3 is 0 Å². The fourth-order valence-electron chi connectivity index (χ4n) is 2.82. The summed E-state index contributed by atoms with van der Waals surface area (Å²) in [6.45, 7) is 4.83. The summed E-state index contributed by atoms with van der Waals surface area (Å²) in [4.78, 5) is 22.5. The van der Waals surface area contributed by atoms with Crippen molar-refractivity contribution in [1.29, 1.82) is 0 Å². The predicted molar refractivity (Wildman–Crippen MR) is 115 cm³/mol. The second kappa shape index (κ2) is 9.80. The van der Waals surface area contributed by atoms with Crippen molar-refractivity contribution in [2.24, 2.45) is 0 Å². The van der Waals surface area contributed by atoms with Gasteiger partial charge < -0.3 is 10.1 Å². The fraction of sp³-hybridized carbons (Fsp3) is 0.316. The number of aryl methyl sites for hydroxylation is 2. The van der Waals surface area contributed by atoms with Crippen LogP contribution in [0.5, 0.6) is 5.75 Å². The van der Waals surface area contributed by atoms with E-state index in [0.717, 1.165) is 11.4 Å². The monoisotopic (exact) mass is 466 g/mol. The van der Waals surface area contributed by atoms with E-state index in [1.165, 1.54) is 22.9 Å². The van der Waals surface area contributed by atoms with Crippen LogP contribution in [0.3, 0.4) is 0 Å². The van der Waals surface area contributed by atoms with Crippen LogP contribution in [-0.4, -0.2) is 36.9 Å². The average molecular weight is 467 g/mol. The van der Waals surface area contributed by atoms with Gasteiger partial charge in [-0.3, -0.25) is 19.6 Å². The van der Waals surface area contributed by atoms with Crippen molar-refractivity contribution in [3.05, 3.63) is 67.7 Å². The molecule has 3 rings (SSSR count). The molecule has 0 unspecified atom stereocenters. The van der Waals surface area contributed by atoms with Crippen LogP contribution in [-0.2, 0) is 13.3 Å². The number of aromatic nitrogens is 4. The summed E-state index contributed by atoms with van der Waals surface area (Å²) in [7, 11) is 0. The standard InChI is InChI=1S/C19H20Cl2N6O4/c1-12-18(21)13(2)26(23-12)8-3-7-22-19(28)16-6-9-25(24-16)11-31-17-5-4-14(27(29)30)10-15(17)20/h4-6,9-10H,3,7-8,11H2,1-2H3,(H,22,28). The Kier molecular flexibility index (Phi) is 7.13. The van der Waals surface area contributed by atoms with Crippen LogP contribution in [0.2, 0.25) is 10.0 Å². The van der Waals surface area contributed by atoms with E-state index in [0.29, 0.717) is 24.5 Å². The van der Waals surface area contributed by atoms with Gasteiger partial charge in [0.05, 0.1) is 26.4 Å². The molecule has 2 aromatic heterocycles. The maximum Gasteiger partial charge on any atom is 0.271 e. The van der Waals surface area contributed by atoms with Gasteiger partial charge in [0, 0.05) is 31.4 Å². The number of amides is 1. The minimum Gasteiger partial charge on any atom is -0.470 e. The Morgan fingerprint density at radius 1 is 1.26 bits per heavy atom. The highest BCUT2D eigenvalue weighted by Crippen LogP contribution is 2.28. The van der Waals surface area contributed by atoms with Gasteiger partial charge in [-0.05, 0) is 32.4 Å². The Morgan fingerprint density at radius 3 is 2.68 bits per heavy atom. The number of rotatable bonds is 9. The van der Waals surface area contributed by atoms with E-state index in [9.17, 15) is 14.9 Å². The molecule has 31 heavy (non-hydrogen) atoms. The number of hydrogen-bond acceptors (Lipinski definition) is 6. The van der Waals surface area contributed by atoms with Gasteiger partial charge in [-0.15, -0.1) is 0 Å². The van der Waals surface area contributed by atoms with Crippen LogP contribution in [0.1, 0.15) is 28.3 Å². The predicted octanol–water partition coefficient (Wildman–Crippen LogP) is 3.77. The number of nitro groups is 1. The van der Waals surface area contributed by atoms with E-state index < -0.39 is 4.92 Å². The molecule has 0 aliphatic rings. The summed E-state index contributed by atoms with van der Waals surface area (Å²) in [6.07, 6.45) is 2.28. The number of carbonyl (C=O) groups excluding carboxylic acids is 1. The molecule has 0 bridgehead atoms. The van der Waals surface area contributed by atoms with Gasteiger partial charge in [-0.2, -0.15) is 10.2 Å². The molecule has 1 amide bonds. The first-order chi connectivity index (χ1) is 14.8. The zero-order valence-corrected chi connectivity index (χ0v) is 18.4. The van der Waals surface area contributed by atoms with Gasteiger partial charge in [-0.1, -0.05) is 23.2 Å². The van der Waals surface area contributed by atoms with Crippen molar-refractivity contribution in [3.8, 4) is 5.75 Å². The quantitative estimate of drug-likeness (QED) is 0.291. The minimum atomic E-state index is -0.541. The lowest BCUT2D eigenvalue weighted by molar-refractivity contribution is -0.384. The molecule has 0 atom stereocenters. The molecule has 0 aliphatic carbocycles. The molecule has 3 aromatic rings. The van der Waals surface area contributed by atoms with E-state index in [-0.39, 0.29) is 34.8 Å². The Bertz CT molecular complexity index is 1110. The lowest BCUT2D eigenvalue weighted by Gasteiger charge is -2.08. The SMILES string of the molecule is Cc1nn(CCCNC(=O)c2ccn(COc3ccc([N+](=O)[O-])cc3Cl)n2)c(C)c1Cl. The van der Waals surface area contributed by atoms with Gasteiger partial charge in [0.1, 0.15) is 11.4 Å². The van der Waals surface area contributed by atoms with Crippen molar-refractivity contribution < 1.29 is 14.5 Å². The number of nitrogens with zero attached hydrogens (tertiary/aromatic N) is 5. The minimum absolute atomic E-state index is 0.0104. The first-order valence-electron chi connectivity index (χ1n) is 9.34. The van der Waals surface area contributed by atoms with Crippen molar-refractivity contribution >= 4 is 34.8 Å². The van der Waals surface area contributed by atoms with E-state index in [1.807, 2.05) is 18.5 Å². The van der Waals surface area contributed by atoms with E-state index >= 15 is 0 Å². The Labute approximate surface area is 187 Å². The van der Waals surface area contributed by atoms with Crippen LogP contribution < -0.4 is 10.1 Å². The Balaban J connectivity index is 1.47. The molecular formula is C19H20Cl2N6O4. The second-order valence-electron chi connectivity index (χ2n) is 6.70. The van der Waals surface area contributed by atoms with E-state index in [1.54, 1.807) is 12.3 Å². The highest BCUT2D eigenvalue weighted by atomic mass is 35.5. The second-order valence-corrected chi connectivity index (χ2v) is 7.49. The van der Waals surface area contributed by atoms with Gasteiger partial charge in [0.15, 0.2) is 6.73 Å². The summed E-state index contributed by atoms with van der Waals surface area (Å²) in [5.41, 5.74) is 1.80. The van der Waals surface area contributed by atoms with Crippen molar-refractivity contribution in [2.45, 2.75) is 33.5 Å². The third-order valence-corrected chi connectivity index (χ3v) is 5.32. The third kappa shape index (κ3) is 5.53. The number of hydrogen-bond donors (Lipinski definition) is 1. The molecule has 2 heterocycles. The molecular weight excluding hydrogens is 447 g/mol. The molecule has 0 spiro atoms. The van der Waals surface area contributed by atoms with E-state index in [2.05, 4.69) is 15.5 Å². The summed E-state index contributed by atoms with van der Waals surface area (Å²) in [5, 5.41) is 22.8. The third-order valence-electron chi connectivity index (χ3n) is 4.48. The Morgan fingerprint density at radius 2 is 2.03 bits per heavy atom. The number of non-ortho nitro benzene ring substituents is 1. The zero-order chi connectivity index (χ0) is 22.5. The van der Waals surface area contributed by atoms with Crippen molar-refractivity contribution in [2.75, 3.05) is 6.54 Å². The smallest absolute Gasteiger partial charge is 0.271 e. The molecule has 0 fully saturated rings. The number of nitrogens with one attached hydrogen (secondary N) is 1. The average Bonchev–Trinajstić information content (AvgIpc) is 3.31. The maximum absolute atomic E-state index is 12.3. The first-order valence-corrected chi connectivity index (χ1v) is 10.1. The summed E-state index contributed by atoms with van der Waals surface area (Å²) in [5.74, 6) is -0.0310. The maximum atomic E-state index is 12.3.